The molecule has 3 heteroatoms. The molecule has 0 bridgehead atoms. The van der Waals surface area contributed by atoms with Gasteiger partial charge in [-0.15, -0.1) is 6.58 Å². The third-order valence-electron chi connectivity index (χ3n) is 3.63. The van der Waals surface area contributed by atoms with E-state index < -0.39 is 0 Å². The minimum absolute atomic E-state index is 0.548. The molecule has 16 heavy (non-hydrogen) atoms. The molecular formula is C13H21N3. The molecule has 1 aromatic rings. The van der Waals surface area contributed by atoms with Gasteiger partial charge < -0.3 is 0 Å². The number of likely N-dealkylation sites (tertiary alicyclic amines) is 1. The third-order valence-corrected chi connectivity index (χ3v) is 3.63. The van der Waals surface area contributed by atoms with E-state index in [1.54, 1.807) is 0 Å². The Kier molecular flexibility index (Phi) is 3.15. The number of hydrogen-bond donors (Lipinski definition) is 0. The van der Waals surface area contributed by atoms with Crippen molar-refractivity contribution >= 4 is 0 Å². The Morgan fingerprint density at radius 1 is 1.50 bits per heavy atom. The van der Waals surface area contributed by atoms with E-state index in [4.69, 9.17) is 0 Å². The van der Waals surface area contributed by atoms with E-state index in [1.807, 2.05) is 17.8 Å². The Morgan fingerprint density at radius 2 is 2.25 bits per heavy atom. The van der Waals surface area contributed by atoms with Crippen LogP contribution in [0.2, 0.25) is 0 Å². The summed E-state index contributed by atoms with van der Waals surface area (Å²) < 4.78 is 2.00. The van der Waals surface area contributed by atoms with Crippen LogP contribution in [0.5, 0.6) is 0 Å². The van der Waals surface area contributed by atoms with Crippen LogP contribution in [0.4, 0.5) is 0 Å². The molecule has 1 saturated heterocycles. The molecule has 2 rings (SSSR count). The van der Waals surface area contributed by atoms with Crippen LogP contribution in [0, 0.1) is 13.8 Å². The van der Waals surface area contributed by atoms with Gasteiger partial charge in [0.25, 0.3) is 0 Å². The van der Waals surface area contributed by atoms with Crippen LogP contribution in [0.3, 0.4) is 0 Å². The van der Waals surface area contributed by atoms with E-state index in [9.17, 15) is 0 Å². The summed E-state index contributed by atoms with van der Waals surface area (Å²) in [5, 5.41) is 4.51. The fourth-order valence-corrected chi connectivity index (χ4v) is 2.81. The highest BCUT2D eigenvalue weighted by molar-refractivity contribution is 5.29. The molecule has 1 aliphatic heterocycles. The van der Waals surface area contributed by atoms with E-state index in [-0.39, 0.29) is 0 Å². The molecule has 0 saturated carbocycles. The van der Waals surface area contributed by atoms with Gasteiger partial charge in [0.05, 0.1) is 5.69 Å². The van der Waals surface area contributed by atoms with Crippen molar-refractivity contribution in [1.82, 2.24) is 14.7 Å². The van der Waals surface area contributed by atoms with Crippen molar-refractivity contribution in [3.05, 3.63) is 29.6 Å². The molecule has 1 fully saturated rings. The quantitative estimate of drug-likeness (QED) is 0.728. The smallest absolute Gasteiger partial charge is 0.0644 e. The molecule has 0 amide bonds. The van der Waals surface area contributed by atoms with Crippen LogP contribution < -0.4 is 0 Å². The number of nitrogens with zero attached hydrogens (tertiary/aromatic N) is 3. The maximum Gasteiger partial charge on any atom is 0.0644 e. The average molecular weight is 219 g/mol. The van der Waals surface area contributed by atoms with Gasteiger partial charge in [0.1, 0.15) is 0 Å². The molecular weight excluding hydrogens is 198 g/mol. The monoisotopic (exact) mass is 219 g/mol. The lowest BCUT2D eigenvalue weighted by Gasteiger charge is -2.23. The molecule has 88 valence electrons. The van der Waals surface area contributed by atoms with Gasteiger partial charge in [-0.3, -0.25) is 9.58 Å². The van der Waals surface area contributed by atoms with Crippen molar-refractivity contribution in [3.63, 3.8) is 0 Å². The topological polar surface area (TPSA) is 21.1 Å². The minimum atomic E-state index is 0.548. The Labute approximate surface area is 97.8 Å². The highest BCUT2D eigenvalue weighted by Crippen LogP contribution is 2.34. The highest BCUT2D eigenvalue weighted by atomic mass is 15.3. The summed E-state index contributed by atoms with van der Waals surface area (Å²) in [5.41, 5.74) is 3.92. The predicted molar refractivity (Wildman–Crippen MR) is 66.4 cm³/mol. The third kappa shape index (κ3) is 1.80. The number of hydrogen-bond acceptors (Lipinski definition) is 2. The largest absolute Gasteiger partial charge is 0.293 e. The Bertz CT molecular complexity index is 392. The van der Waals surface area contributed by atoms with Gasteiger partial charge in [0.15, 0.2) is 0 Å². The van der Waals surface area contributed by atoms with Crippen molar-refractivity contribution in [1.29, 1.82) is 0 Å². The summed E-state index contributed by atoms with van der Waals surface area (Å²) in [4.78, 5) is 2.50. The van der Waals surface area contributed by atoms with E-state index in [0.717, 1.165) is 6.54 Å². The first-order valence-corrected chi connectivity index (χ1v) is 6.00. The molecule has 0 unspecified atom stereocenters. The fraction of sp³-hybridized carbons (Fsp3) is 0.615. The zero-order valence-electron chi connectivity index (χ0n) is 10.5. The Balaban J connectivity index is 2.32. The van der Waals surface area contributed by atoms with Crippen molar-refractivity contribution in [3.8, 4) is 0 Å². The van der Waals surface area contributed by atoms with Gasteiger partial charge in [-0.05, 0) is 33.2 Å². The van der Waals surface area contributed by atoms with Crippen molar-refractivity contribution < 1.29 is 0 Å². The molecule has 1 aliphatic rings. The zero-order valence-corrected chi connectivity index (χ0v) is 10.5. The lowest BCUT2D eigenvalue weighted by atomic mass is 10.0. The van der Waals surface area contributed by atoms with Crippen LogP contribution >= 0.6 is 0 Å². The van der Waals surface area contributed by atoms with Crippen molar-refractivity contribution in [2.75, 3.05) is 13.1 Å². The van der Waals surface area contributed by atoms with E-state index in [2.05, 4.69) is 30.4 Å². The fourth-order valence-electron chi connectivity index (χ4n) is 2.81. The second-order valence-electron chi connectivity index (χ2n) is 4.65. The van der Waals surface area contributed by atoms with Crippen LogP contribution in [-0.4, -0.2) is 27.8 Å². The molecule has 0 N–H and O–H groups in total. The predicted octanol–water partition coefficient (Wildman–Crippen LogP) is 2.36. The highest BCUT2D eigenvalue weighted by Gasteiger charge is 2.29. The van der Waals surface area contributed by atoms with Gasteiger partial charge >= 0.3 is 0 Å². The van der Waals surface area contributed by atoms with Crippen LogP contribution in [-0.2, 0) is 7.05 Å². The minimum Gasteiger partial charge on any atom is -0.293 e. The summed E-state index contributed by atoms with van der Waals surface area (Å²) in [5.74, 6) is 0. The second kappa shape index (κ2) is 4.42. The average Bonchev–Trinajstić information content (AvgIpc) is 2.75. The summed E-state index contributed by atoms with van der Waals surface area (Å²) >= 11 is 0. The van der Waals surface area contributed by atoms with Gasteiger partial charge in [-0.2, -0.15) is 5.10 Å². The summed E-state index contributed by atoms with van der Waals surface area (Å²) in [7, 11) is 2.03. The first kappa shape index (κ1) is 11.4. The molecule has 0 aliphatic carbocycles. The molecule has 1 atom stereocenters. The molecule has 2 heterocycles. The van der Waals surface area contributed by atoms with E-state index in [0.29, 0.717) is 6.04 Å². The molecule has 3 nitrogen and oxygen atoms in total. The molecule has 0 radical (unpaired) electrons. The Hall–Kier alpha value is -1.09. The summed E-state index contributed by atoms with van der Waals surface area (Å²) in [6, 6.07) is 0.548. The maximum absolute atomic E-state index is 4.51. The Morgan fingerprint density at radius 3 is 2.81 bits per heavy atom. The first-order valence-electron chi connectivity index (χ1n) is 6.00. The summed E-state index contributed by atoms with van der Waals surface area (Å²) in [6.45, 7) is 10.3. The number of aromatic nitrogens is 2. The summed E-state index contributed by atoms with van der Waals surface area (Å²) in [6.07, 6.45) is 4.53. The van der Waals surface area contributed by atoms with Gasteiger partial charge in [0.2, 0.25) is 0 Å². The van der Waals surface area contributed by atoms with E-state index in [1.165, 1.54) is 36.3 Å². The lowest BCUT2D eigenvalue weighted by molar-refractivity contribution is 0.284. The maximum atomic E-state index is 4.51. The van der Waals surface area contributed by atoms with Crippen molar-refractivity contribution in [2.45, 2.75) is 32.7 Å². The van der Waals surface area contributed by atoms with Crippen LogP contribution in [0.1, 0.15) is 35.8 Å². The van der Waals surface area contributed by atoms with E-state index >= 15 is 0 Å². The molecule has 1 aromatic heterocycles. The number of aryl methyl sites for hydroxylation is 2. The normalized spacial score (nSPS) is 21.6. The zero-order chi connectivity index (χ0) is 11.7. The standard InChI is InChI=1S/C13H21N3/c1-5-8-16-9-6-7-12(16)13-10(2)14-15(4)11(13)3/h5,12H,1,6-9H2,2-4H3/t12-/m1/s1. The van der Waals surface area contributed by atoms with Crippen LogP contribution in [0.25, 0.3) is 0 Å². The number of rotatable bonds is 3. The first-order chi connectivity index (χ1) is 7.65. The molecule has 0 aromatic carbocycles. The van der Waals surface area contributed by atoms with Gasteiger partial charge in [0, 0.05) is 30.9 Å². The second-order valence-corrected chi connectivity index (χ2v) is 4.65. The van der Waals surface area contributed by atoms with Crippen LogP contribution in [0.15, 0.2) is 12.7 Å². The van der Waals surface area contributed by atoms with Crippen molar-refractivity contribution in [2.24, 2.45) is 7.05 Å². The SMILES string of the molecule is C=CCN1CCC[C@@H]1c1c(C)nn(C)c1C. The molecule has 0 spiro atoms. The van der Waals surface area contributed by atoms with Gasteiger partial charge in [-0.25, -0.2) is 0 Å². The lowest BCUT2D eigenvalue weighted by Crippen LogP contribution is -2.24. The van der Waals surface area contributed by atoms with Gasteiger partial charge in [-0.1, -0.05) is 6.08 Å².